The molecule has 102 valence electrons. The molecular weight excluding hydrogens is 248 g/mol. The third-order valence-corrected chi connectivity index (χ3v) is 3.69. The van der Waals surface area contributed by atoms with Crippen molar-refractivity contribution in [2.45, 2.75) is 27.7 Å². The lowest BCUT2D eigenvalue weighted by Gasteiger charge is -2.15. The van der Waals surface area contributed by atoms with Crippen LogP contribution >= 0.6 is 0 Å². The maximum atomic E-state index is 4.30. The number of aryl methyl sites for hydroxylation is 4. The zero-order valence-electron chi connectivity index (χ0n) is 12.3. The smallest absolute Gasteiger partial charge is 0.110 e. The molecule has 0 saturated heterocycles. The van der Waals surface area contributed by atoms with Crippen LogP contribution in [0, 0.1) is 27.7 Å². The van der Waals surface area contributed by atoms with E-state index in [1.165, 1.54) is 22.5 Å². The second-order valence-corrected chi connectivity index (χ2v) is 5.11. The average Bonchev–Trinajstić information content (AvgIpc) is 3.01. The summed E-state index contributed by atoms with van der Waals surface area (Å²) in [5.74, 6) is 2.00. The second kappa shape index (κ2) is 4.63. The van der Waals surface area contributed by atoms with Gasteiger partial charge in [0.15, 0.2) is 0 Å². The van der Waals surface area contributed by atoms with Gasteiger partial charge in [0.25, 0.3) is 0 Å². The number of aromatic nitrogens is 4. The molecule has 1 aromatic carbocycles. The maximum absolute atomic E-state index is 4.30. The predicted molar refractivity (Wildman–Crippen MR) is 79.6 cm³/mol. The number of rotatable bonds is 2. The van der Waals surface area contributed by atoms with Gasteiger partial charge >= 0.3 is 0 Å². The summed E-state index contributed by atoms with van der Waals surface area (Å²) in [7, 11) is 0. The van der Waals surface area contributed by atoms with E-state index >= 15 is 0 Å². The minimum atomic E-state index is 0.999. The summed E-state index contributed by atoms with van der Waals surface area (Å²) in [6.45, 7) is 8.29. The van der Waals surface area contributed by atoms with Crippen molar-refractivity contribution in [3.8, 4) is 11.4 Å². The van der Waals surface area contributed by atoms with Crippen LogP contribution in [-0.2, 0) is 0 Å². The van der Waals surface area contributed by atoms with Crippen LogP contribution in [0.25, 0.3) is 11.4 Å². The first kappa shape index (κ1) is 12.7. The fourth-order valence-corrected chi connectivity index (χ4v) is 2.57. The zero-order chi connectivity index (χ0) is 14.3. The second-order valence-electron chi connectivity index (χ2n) is 5.11. The summed E-state index contributed by atoms with van der Waals surface area (Å²) in [4.78, 5) is 8.60. The van der Waals surface area contributed by atoms with Crippen LogP contribution in [0.4, 0.5) is 0 Å². The summed E-state index contributed by atoms with van der Waals surface area (Å²) in [6.07, 6.45) is 7.66. The minimum Gasteiger partial charge on any atom is -0.304 e. The fourth-order valence-electron chi connectivity index (χ4n) is 2.57. The van der Waals surface area contributed by atoms with Crippen LogP contribution in [0.5, 0.6) is 0 Å². The number of hydrogen-bond donors (Lipinski definition) is 0. The first-order valence-electron chi connectivity index (χ1n) is 6.70. The highest BCUT2D eigenvalue weighted by molar-refractivity contribution is 5.54. The van der Waals surface area contributed by atoms with E-state index in [2.05, 4.69) is 45.1 Å². The molecule has 2 heterocycles. The van der Waals surface area contributed by atoms with Crippen LogP contribution in [-0.4, -0.2) is 19.1 Å². The molecule has 3 rings (SSSR count). The lowest BCUT2D eigenvalue weighted by molar-refractivity contribution is 0.938. The molecular formula is C16H18N4. The molecule has 3 aromatic rings. The number of imidazole rings is 2. The van der Waals surface area contributed by atoms with Gasteiger partial charge in [-0.25, -0.2) is 9.97 Å². The van der Waals surface area contributed by atoms with Gasteiger partial charge in [-0.1, -0.05) is 0 Å². The molecule has 0 unspecified atom stereocenters. The highest BCUT2D eigenvalue weighted by Gasteiger charge is 2.10. The SMILES string of the molecule is Cc1cc(-n2ccnc2C)c(C)cc1-n1ccnc1C. The minimum absolute atomic E-state index is 0.999. The molecule has 2 aromatic heterocycles. The third-order valence-electron chi connectivity index (χ3n) is 3.69. The summed E-state index contributed by atoms with van der Waals surface area (Å²) < 4.78 is 4.24. The lowest BCUT2D eigenvalue weighted by Crippen LogP contribution is -2.04. The molecule has 0 aliphatic rings. The highest BCUT2D eigenvalue weighted by Crippen LogP contribution is 2.24. The van der Waals surface area contributed by atoms with Gasteiger partial charge in [0.05, 0.1) is 11.4 Å². The Hall–Kier alpha value is -2.36. The van der Waals surface area contributed by atoms with Gasteiger partial charge in [-0.05, 0) is 51.0 Å². The molecule has 0 amide bonds. The van der Waals surface area contributed by atoms with Crippen molar-refractivity contribution < 1.29 is 0 Å². The Labute approximate surface area is 118 Å². The number of hydrogen-bond acceptors (Lipinski definition) is 2. The van der Waals surface area contributed by atoms with Crippen LogP contribution in [0.2, 0.25) is 0 Å². The molecule has 4 nitrogen and oxygen atoms in total. The molecule has 4 heteroatoms. The van der Waals surface area contributed by atoms with Gasteiger partial charge in [-0.2, -0.15) is 0 Å². The molecule has 0 saturated carbocycles. The summed E-state index contributed by atoms with van der Waals surface area (Å²) in [6, 6.07) is 4.41. The van der Waals surface area contributed by atoms with Gasteiger partial charge in [0, 0.05) is 24.8 Å². The molecule has 20 heavy (non-hydrogen) atoms. The number of benzene rings is 1. The van der Waals surface area contributed by atoms with Crippen molar-refractivity contribution >= 4 is 0 Å². The van der Waals surface area contributed by atoms with Gasteiger partial charge < -0.3 is 9.13 Å². The van der Waals surface area contributed by atoms with Crippen molar-refractivity contribution in [1.29, 1.82) is 0 Å². The molecule has 0 fully saturated rings. The van der Waals surface area contributed by atoms with Crippen LogP contribution < -0.4 is 0 Å². The van der Waals surface area contributed by atoms with Crippen LogP contribution in [0.15, 0.2) is 36.9 Å². The quantitative estimate of drug-likeness (QED) is 0.713. The van der Waals surface area contributed by atoms with Gasteiger partial charge in [0.2, 0.25) is 0 Å². The van der Waals surface area contributed by atoms with Crippen molar-refractivity contribution in [1.82, 2.24) is 19.1 Å². The molecule has 0 aliphatic heterocycles. The first-order valence-corrected chi connectivity index (χ1v) is 6.70. The van der Waals surface area contributed by atoms with E-state index in [1.54, 1.807) is 0 Å². The van der Waals surface area contributed by atoms with E-state index in [-0.39, 0.29) is 0 Å². The Balaban J connectivity index is 2.17. The molecule has 0 N–H and O–H groups in total. The molecule has 0 spiro atoms. The summed E-state index contributed by atoms with van der Waals surface area (Å²) >= 11 is 0. The van der Waals surface area contributed by atoms with Crippen LogP contribution in [0.3, 0.4) is 0 Å². The van der Waals surface area contributed by atoms with E-state index in [0.29, 0.717) is 0 Å². The van der Waals surface area contributed by atoms with Crippen molar-refractivity contribution in [3.05, 3.63) is 59.7 Å². The topological polar surface area (TPSA) is 35.6 Å². The number of nitrogens with zero attached hydrogens (tertiary/aromatic N) is 4. The van der Waals surface area contributed by atoms with E-state index in [9.17, 15) is 0 Å². The lowest BCUT2D eigenvalue weighted by atomic mass is 10.1. The Morgan fingerprint density at radius 2 is 1.10 bits per heavy atom. The maximum Gasteiger partial charge on any atom is 0.110 e. The normalized spacial score (nSPS) is 11.0. The monoisotopic (exact) mass is 266 g/mol. The van der Waals surface area contributed by atoms with Crippen LogP contribution in [0.1, 0.15) is 22.8 Å². The molecule has 0 atom stereocenters. The Bertz CT molecular complexity index is 699. The summed E-state index contributed by atoms with van der Waals surface area (Å²) in [5.41, 5.74) is 4.80. The van der Waals surface area contributed by atoms with E-state index in [0.717, 1.165) is 11.6 Å². The van der Waals surface area contributed by atoms with E-state index in [1.807, 2.05) is 38.6 Å². The first-order chi connectivity index (χ1) is 9.58. The highest BCUT2D eigenvalue weighted by atomic mass is 15.1. The van der Waals surface area contributed by atoms with Crippen molar-refractivity contribution in [3.63, 3.8) is 0 Å². The van der Waals surface area contributed by atoms with E-state index < -0.39 is 0 Å². The Morgan fingerprint density at radius 1 is 0.700 bits per heavy atom. The summed E-state index contributed by atoms with van der Waals surface area (Å²) in [5, 5.41) is 0. The van der Waals surface area contributed by atoms with E-state index in [4.69, 9.17) is 0 Å². The third kappa shape index (κ3) is 1.93. The zero-order valence-corrected chi connectivity index (χ0v) is 12.3. The Morgan fingerprint density at radius 3 is 1.40 bits per heavy atom. The molecule has 0 bridgehead atoms. The van der Waals surface area contributed by atoms with Gasteiger partial charge in [-0.3, -0.25) is 0 Å². The van der Waals surface area contributed by atoms with Crippen molar-refractivity contribution in [2.75, 3.05) is 0 Å². The van der Waals surface area contributed by atoms with Gasteiger partial charge in [0.1, 0.15) is 11.6 Å². The predicted octanol–water partition coefficient (Wildman–Crippen LogP) is 3.29. The fraction of sp³-hybridized carbons (Fsp3) is 0.250. The van der Waals surface area contributed by atoms with Gasteiger partial charge in [-0.15, -0.1) is 0 Å². The largest absolute Gasteiger partial charge is 0.304 e. The molecule has 0 aliphatic carbocycles. The Kier molecular flexibility index (Phi) is 2.93. The standard InChI is InChI=1S/C16H18N4/c1-11-9-16(20-8-6-18-14(20)4)12(2)10-15(11)19-7-5-17-13(19)3/h5-10H,1-4H3. The average molecular weight is 266 g/mol. The molecule has 0 radical (unpaired) electrons. The van der Waals surface area contributed by atoms with Crippen molar-refractivity contribution in [2.24, 2.45) is 0 Å².